The average Bonchev–Trinajstić information content (AvgIpc) is 3.20. The first kappa shape index (κ1) is 16.0. The Bertz CT molecular complexity index is 734. The van der Waals surface area contributed by atoms with Crippen molar-refractivity contribution in [1.29, 1.82) is 0 Å². The molecule has 4 rings (SSSR count). The molecule has 2 aliphatic carbocycles. The second-order valence-electron chi connectivity index (χ2n) is 6.53. The van der Waals surface area contributed by atoms with Crippen molar-refractivity contribution >= 4 is 28.7 Å². The van der Waals surface area contributed by atoms with Gasteiger partial charge in [-0.05, 0) is 32.1 Å². The molecule has 8 nitrogen and oxygen atoms in total. The van der Waals surface area contributed by atoms with Gasteiger partial charge in [-0.15, -0.1) is 5.10 Å². The van der Waals surface area contributed by atoms with Crippen molar-refractivity contribution in [3.8, 4) is 0 Å². The van der Waals surface area contributed by atoms with Gasteiger partial charge in [-0.2, -0.15) is 0 Å². The third-order valence-electron chi connectivity index (χ3n) is 4.52. The van der Waals surface area contributed by atoms with Crippen LogP contribution in [0, 0.1) is 0 Å². The summed E-state index contributed by atoms with van der Waals surface area (Å²) in [5, 5.41) is 32.6. The van der Waals surface area contributed by atoms with Gasteiger partial charge in [-0.1, -0.05) is 23.9 Å². The van der Waals surface area contributed by atoms with Gasteiger partial charge in [0.15, 0.2) is 22.1 Å². The third kappa shape index (κ3) is 2.96. The number of aliphatic hydroxyl groups is 2. The van der Waals surface area contributed by atoms with E-state index in [2.05, 4.69) is 32.5 Å². The van der Waals surface area contributed by atoms with Crippen LogP contribution < -0.4 is 5.32 Å². The standard InChI is InChI=1S/C15H22N6O2S/c1-2-7-24-15-17-13(16-8-3-4-8)11-14(18-15)21(20-19-11)9-5-6-10(22)12(9)23/h8-10,12,22-23H,2-7H2,1H3,(H,16,17,18)/t9?,10-,12?/m1/s1. The molecule has 0 amide bonds. The Labute approximate surface area is 144 Å². The molecule has 0 bridgehead atoms. The molecule has 0 aromatic carbocycles. The zero-order chi connectivity index (χ0) is 16.7. The molecule has 130 valence electrons. The first-order valence-corrected chi connectivity index (χ1v) is 9.54. The molecule has 2 aromatic heterocycles. The van der Waals surface area contributed by atoms with Crippen molar-refractivity contribution in [3.05, 3.63) is 0 Å². The summed E-state index contributed by atoms with van der Waals surface area (Å²) < 4.78 is 1.66. The van der Waals surface area contributed by atoms with Gasteiger partial charge in [0, 0.05) is 11.8 Å². The van der Waals surface area contributed by atoms with E-state index in [4.69, 9.17) is 0 Å². The fraction of sp³-hybridized carbons (Fsp3) is 0.733. The molecule has 0 saturated heterocycles. The monoisotopic (exact) mass is 350 g/mol. The van der Waals surface area contributed by atoms with Crippen LogP contribution in [-0.4, -0.2) is 59.2 Å². The van der Waals surface area contributed by atoms with Crippen LogP contribution >= 0.6 is 11.8 Å². The number of nitrogens with one attached hydrogen (secondary N) is 1. The van der Waals surface area contributed by atoms with Crippen molar-refractivity contribution in [1.82, 2.24) is 25.0 Å². The fourth-order valence-corrected chi connectivity index (χ4v) is 3.71. The zero-order valence-corrected chi connectivity index (χ0v) is 14.4. The van der Waals surface area contributed by atoms with Crippen molar-refractivity contribution < 1.29 is 10.2 Å². The van der Waals surface area contributed by atoms with Crippen LogP contribution in [0.1, 0.15) is 45.1 Å². The normalized spacial score (nSPS) is 27.0. The third-order valence-corrected chi connectivity index (χ3v) is 5.57. The number of nitrogens with zero attached hydrogens (tertiary/aromatic N) is 5. The second-order valence-corrected chi connectivity index (χ2v) is 7.59. The smallest absolute Gasteiger partial charge is 0.191 e. The molecule has 2 heterocycles. The summed E-state index contributed by atoms with van der Waals surface area (Å²) in [5.74, 6) is 1.67. The summed E-state index contributed by atoms with van der Waals surface area (Å²) >= 11 is 1.61. The van der Waals surface area contributed by atoms with Crippen molar-refractivity contribution in [2.24, 2.45) is 0 Å². The number of hydrogen-bond donors (Lipinski definition) is 3. The highest BCUT2D eigenvalue weighted by Crippen LogP contribution is 2.34. The Kier molecular flexibility index (Phi) is 4.31. The van der Waals surface area contributed by atoms with E-state index in [1.54, 1.807) is 16.4 Å². The van der Waals surface area contributed by atoms with E-state index in [1.807, 2.05) is 0 Å². The van der Waals surface area contributed by atoms with Crippen molar-refractivity contribution in [2.75, 3.05) is 11.1 Å². The van der Waals surface area contributed by atoms with E-state index in [1.165, 1.54) is 0 Å². The van der Waals surface area contributed by atoms with Gasteiger partial charge in [0.1, 0.15) is 6.10 Å². The summed E-state index contributed by atoms with van der Waals surface area (Å²) in [7, 11) is 0. The van der Waals surface area contributed by atoms with Crippen LogP contribution in [0.15, 0.2) is 5.16 Å². The molecule has 0 spiro atoms. The highest BCUT2D eigenvalue weighted by Gasteiger charge is 2.37. The van der Waals surface area contributed by atoms with Gasteiger partial charge in [0.25, 0.3) is 0 Å². The van der Waals surface area contributed by atoms with E-state index in [-0.39, 0.29) is 6.04 Å². The Balaban J connectivity index is 1.74. The van der Waals surface area contributed by atoms with Gasteiger partial charge >= 0.3 is 0 Å². The molecule has 0 aliphatic heterocycles. The maximum atomic E-state index is 10.2. The highest BCUT2D eigenvalue weighted by atomic mass is 32.2. The molecule has 2 unspecified atom stereocenters. The van der Waals surface area contributed by atoms with E-state index >= 15 is 0 Å². The number of fused-ring (bicyclic) bond motifs is 1. The Morgan fingerprint density at radius 1 is 1.21 bits per heavy atom. The molecule has 2 fully saturated rings. The predicted octanol–water partition coefficient (Wildman–Crippen LogP) is 1.35. The lowest BCUT2D eigenvalue weighted by Gasteiger charge is -2.16. The number of aliphatic hydroxyl groups excluding tert-OH is 2. The number of aromatic nitrogens is 5. The van der Waals surface area contributed by atoms with Gasteiger partial charge < -0.3 is 15.5 Å². The summed E-state index contributed by atoms with van der Waals surface area (Å²) in [6.07, 6.45) is 3.00. The largest absolute Gasteiger partial charge is 0.390 e. The molecule has 2 aliphatic rings. The van der Waals surface area contributed by atoms with Crippen molar-refractivity contribution in [3.63, 3.8) is 0 Å². The first-order valence-electron chi connectivity index (χ1n) is 8.55. The summed E-state index contributed by atoms with van der Waals surface area (Å²) in [4.78, 5) is 9.23. The van der Waals surface area contributed by atoms with Gasteiger partial charge in [0.05, 0.1) is 12.1 Å². The van der Waals surface area contributed by atoms with E-state index in [0.717, 1.165) is 30.8 Å². The van der Waals surface area contributed by atoms with Crippen LogP contribution in [0.5, 0.6) is 0 Å². The lowest BCUT2D eigenvalue weighted by Crippen LogP contribution is -2.28. The second kappa shape index (κ2) is 6.45. The molecule has 3 atom stereocenters. The predicted molar refractivity (Wildman–Crippen MR) is 91.1 cm³/mol. The minimum absolute atomic E-state index is 0.294. The molecule has 2 aromatic rings. The highest BCUT2D eigenvalue weighted by molar-refractivity contribution is 7.99. The van der Waals surface area contributed by atoms with E-state index in [9.17, 15) is 10.2 Å². The number of thioether (sulfide) groups is 1. The molecule has 2 saturated carbocycles. The van der Waals surface area contributed by atoms with Gasteiger partial charge in [-0.3, -0.25) is 0 Å². The molecular formula is C15H22N6O2S. The quantitative estimate of drug-likeness (QED) is 0.529. The topological polar surface area (TPSA) is 109 Å². The number of rotatable bonds is 6. The minimum Gasteiger partial charge on any atom is -0.390 e. The van der Waals surface area contributed by atoms with Crippen LogP contribution in [0.25, 0.3) is 11.2 Å². The summed E-state index contributed by atoms with van der Waals surface area (Å²) in [5.41, 5.74) is 1.27. The Morgan fingerprint density at radius 3 is 2.71 bits per heavy atom. The van der Waals surface area contributed by atoms with Crippen LogP contribution in [-0.2, 0) is 0 Å². The molecule has 24 heavy (non-hydrogen) atoms. The molecule has 0 radical (unpaired) electrons. The van der Waals surface area contributed by atoms with Crippen LogP contribution in [0.3, 0.4) is 0 Å². The zero-order valence-electron chi connectivity index (χ0n) is 13.6. The van der Waals surface area contributed by atoms with Crippen LogP contribution in [0.2, 0.25) is 0 Å². The SMILES string of the molecule is CCCSc1nc(NC2CC2)c2nnn(C3CC[C@@H](O)C3O)c2n1. The lowest BCUT2D eigenvalue weighted by atomic mass is 10.2. The maximum absolute atomic E-state index is 10.2. The van der Waals surface area contributed by atoms with Crippen molar-refractivity contribution in [2.45, 2.75) is 68.5 Å². The Morgan fingerprint density at radius 2 is 2.04 bits per heavy atom. The van der Waals surface area contributed by atoms with Gasteiger partial charge in [-0.25, -0.2) is 14.6 Å². The van der Waals surface area contributed by atoms with Crippen LogP contribution in [0.4, 0.5) is 5.82 Å². The minimum atomic E-state index is -0.837. The molecule has 9 heteroatoms. The van der Waals surface area contributed by atoms with E-state index in [0.29, 0.717) is 35.2 Å². The maximum Gasteiger partial charge on any atom is 0.191 e. The number of anilines is 1. The molecular weight excluding hydrogens is 328 g/mol. The Hall–Kier alpha value is -1.45. The number of hydrogen-bond acceptors (Lipinski definition) is 8. The lowest BCUT2D eigenvalue weighted by molar-refractivity contribution is 0.0215. The van der Waals surface area contributed by atoms with E-state index < -0.39 is 12.2 Å². The first-order chi connectivity index (χ1) is 11.7. The molecule has 3 N–H and O–H groups in total. The summed E-state index contributed by atoms with van der Waals surface area (Å²) in [6, 6.07) is 0.161. The summed E-state index contributed by atoms with van der Waals surface area (Å²) in [6.45, 7) is 2.12. The fourth-order valence-electron chi connectivity index (χ4n) is 3.02. The average molecular weight is 350 g/mol. The van der Waals surface area contributed by atoms with Gasteiger partial charge in [0.2, 0.25) is 0 Å².